The maximum absolute atomic E-state index is 13.1. The van der Waals surface area contributed by atoms with Crippen LogP contribution in [0.5, 0.6) is 5.88 Å². The molecule has 2 aromatic heterocycles. The van der Waals surface area contributed by atoms with E-state index in [9.17, 15) is 23.1 Å². The van der Waals surface area contributed by atoms with E-state index in [0.717, 1.165) is 17.4 Å². The van der Waals surface area contributed by atoms with Crippen LogP contribution < -0.4 is 10.1 Å². The Morgan fingerprint density at radius 2 is 1.94 bits per heavy atom. The molecule has 5 nitrogen and oxygen atoms in total. The quantitative estimate of drug-likeness (QED) is 0.524. The van der Waals surface area contributed by atoms with Gasteiger partial charge in [0.25, 0.3) is 0 Å². The van der Waals surface area contributed by atoms with Crippen LogP contribution in [-0.2, 0) is 6.18 Å². The van der Waals surface area contributed by atoms with Gasteiger partial charge in [-0.3, -0.25) is 0 Å². The van der Waals surface area contributed by atoms with Gasteiger partial charge >= 0.3 is 12.1 Å². The second-order valence-electron chi connectivity index (χ2n) is 8.75. The lowest BCUT2D eigenvalue weighted by atomic mass is 9.92. The van der Waals surface area contributed by atoms with Crippen LogP contribution in [0.3, 0.4) is 0 Å². The van der Waals surface area contributed by atoms with E-state index in [0.29, 0.717) is 36.2 Å². The standard InChI is InChI=1S/C23H25F3N2O3S/c1-22(2,3)11-10-16-13-18(19(32-16)21(29)30)28-14-6-8-15(9-7-14)31-20-17(23(24,25)26)5-4-12-27-20/h4-5,12-15,28H,6-9H2,1-3H3,(H,29,30). The predicted octanol–water partition coefficient (Wildman–Crippen LogP) is 6.06. The van der Waals surface area contributed by atoms with Crippen molar-refractivity contribution >= 4 is 23.0 Å². The second-order valence-corrected chi connectivity index (χ2v) is 9.80. The summed E-state index contributed by atoms with van der Waals surface area (Å²) >= 11 is 1.13. The fourth-order valence-electron chi connectivity index (χ4n) is 3.37. The molecule has 0 aromatic carbocycles. The summed E-state index contributed by atoms with van der Waals surface area (Å²) in [5.74, 6) is 4.72. The first-order valence-corrected chi connectivity index (χ1v) is 11.1. The fourth-order valence-corrected chi connectivity index (χ4v) is 4.18. The smallest absolute Gasteiger partial charge is 0.421 e. The molecule has 172 valence electrons. The maximum Gasteiger partial charge on any atom is 0.421 e. The van der Waals surface area contributed by atoms with Crippen LogP contribution in [0.4, 0.5) is 18.9 Å². The predicted molar refractivity (Wildman–Crippen MR) is 117 cm³/mol. The van der Waals surface area contributed by atoms with Gasteiger partial charge in [0.1, 0.15) is 16.5 Å². The molecule has 3 rings (SSSR count). The third-order valence-corrected chi connectivity index (χ3v) is 5.91. The van der Waals surface area contributed by atoms with Crippen LogP contribution >= 0.6 is 11.3 Å². The number of hydrogen-bond donors (Lipinski definition) is 2. The monoisotopic (exact) mass is 466 g/mol. The van der Waals surface area contributed by atoms with Gasteiger partial charge in [-0.1, -0.05) is 11.8 Å². The number of nitrogens with one attached hydrogen (secondary N) is 1. The Labute approximate surface area is 189 Å². The largest absolute Gasteiger partial charge is 0.477 e. The number of rotatable bonds is 5. The first-order valence-electron chi connectivity index (χ1n) is 10.3. The van der Waals surface area contributed by atoms with Gasteiger partial charge in [0.2, 0.25) is 5.88 Å². The molecule has 0 unspecified atom stereocenters. The zero-order valence-corrected chi connectivity index (χ0v) is 18.9. The molecule has 9 heteroatoms. The third-order valence-electron chi connectivity index (χ3n) is 4.88. The average Bonchev–Trinajstić information content (AvgIpc) is 3.10. The highest BCUT2D eigenvalue weighted by atomic mass is 32.1. The van der Waals surface area contributed by atoms with Gasteiger partial charge in [-0.2, -0.15) is 13.2 Å². The minimum absolute atomic E-state index is 0.00297. The summed E-state index contributed by atoms with van der Waals surface area (Å²) in [6, 6.07) is 3.94. The highest BCUT2D eigenvalue weighted by molar-refractivity contribution is 7.15. The Morgan fingerprint density at radius 3 is 2.53 bits per heavy atom. The van der Waals surface area contributed by atoms with Crippen LogP contribution in [0, 0.1) is 17.3 Å². The SMILES string of the molecule is CC(C)(C)C#Cc1cc(NC2CCC(Oc3ncccc3C(F)(F)F)CC2)c(C(=O)O)s1. The summed E-state index contributed by atoms with van der Waals surface area (Å²) in [5.41, 5.74) is -0.554. The first kappa shape index (κ1) is 23.9. The lowest BCUT2D eigenvalue weighted by molar-refractivity contribution is -0.139. The number of nitrogens with zero attached hydrogens (tertiary/aromatic N) is 1. The summed E-state index contributed by atoms with van der Waals surface area (Å²) in [7, 11) is 0. The number of ether oxygens (including phenoxy) is 1. The molecule has 1 aliphatic carbocycles. The van der Waals surface area contributed by atoms with Gasteiger partial charge < -0.3 is 15.2 Å². The number of aromatic carboxylic acids is 1. The van der Waals surface area contributed by atoms with Crippen molar-refractivity contribution in [2.24, 2.45) is 5.41 Å². The van der Waals surface area contributed by atoms with E-state index in [-0.39, 0.29) is 22.4 Å². The molecule has 1 fully saturated rings. The van der Waals surface area contributed by atoms with Crippen LogP contribution in [0.15, 0.2) is 24.4 Å². The zero-order valence-electron chi connectivity index (χ0n) is 18.0. The van der Waals surface area contributed by atoms with Crippen LogP contribution in [0.1, 0.15) is 66.6 Å². The Morgan fingerprint density at radius 1 is 1.25 bits per heavy atom. The highest BCUT2D eigenvalue weighted by Crippen LogP contribution is 2.36. The number of alkyl halides is 3. The number of carboxylic acid groups (broad SMARTS) is 1. The van der Waals surface area contributed by atoms with Crippen molar-refractivity contribution in [2.45, 2.75) is 64.8 Å². The van der Waals surface area contributed by atoms with Gasteiger partial charge in [0.15, 0.2) is 0 Å². The van der Waals surface area contributed by atoms with E-state index in [1.165, 1.54) is 12.3 Å². The van der Waals surface area contributed by atoms with Gasteiger partial charge in [-0.15, -0.1) is 11.3 Å². The van der Waals surface area contributed by atoms with Gasteiger partial charge in [0, 0.05) is 17.7 Å². The van der Waals surface area contributed by atoms with E-state index in [2.05, 4.69) is 22.1 Å². The zero-order chi connectivity index (χ0) is 23.5. The number of carboxylic acids is 1. The Bertz CT molecular complexity index is 1020. The second kappa shape index (κ2) is 9.41. The van der Waals surface area contributed by atoms with Crippen LogP contribution in [0.25, 0.3) is 0 Å². The Balaban J connectivity index is 1.64. The fraction of sp³-hybridized carbons (Fsp3) is 0.478. The number of aromatic nitrogens is 1. The van der Waals surface area contributed by atoms with Crippen molar-refractivity contribution in [1.82, 2.24) is 4.98 Å². The van der Waals surface area contributed by atoms with Gasteiger partial charge in [-0.05, 0) is 64.7 Å². The van der Waals surface area contributed by atoms with Crippen molar-refractivity contribution in [3.05, 3.63) is 39.7 Å². The van der Waals surface area contributed by atoms with Crippen LogP contribution in [0.2, 0.25) is 0 Å². The molecule has 0 saturated heterocycles. The van der Waals surface area contributed by atoms with E-state index in [4.69, 9.17) is 4.74 Å². The lowest BCUT2D eigenvalue weighted by Gasteiger charge is -2.30. The minimum Gasteiger partial charge on any atom is -0.477 e. The number of pyridine rings is 1. The molecule has 0 aliphatic heterocycles. The lowest BCUT2D eigenvalue weighted by Crippen LogP contribution is -2.32. The maximum atomic E-state index is 13.1. The van der Waals surface area contributed by atoms with Crippen molar-refractivity contribution in [2.75, 3.05) is 5.32 Å². The average molecular weight is 467 g/mol. The van der Waals surface area contributed by atoms with E-state index in [1.807, 2.05) is 20.8 Å². The Hall–Kier alpha value is -2.73. The molecule has 0 amide bonds. The molecule has 0 spiro atoms. The van der Waals surface area contributed by atoms with Gasteiger partial charge in [-0.25, -0.2) is 9.78 Å². The molecule has 1 aliphatic rings. The Kier molecular flexibility index (Phi) is 7.03. The van der Waals surface area contributed by atoms with E-state index >= 15 is 0 Å². The van der Waals surface area contributed by atoms with Crippen molar-refractivity contribution < 1.29 is 27.8 Å². The highest BCUT2D eigenvalue weighted by Gasteiger charge is 2.36. The normalized spacial score (nSPS) is 19.1. The molecule has 32 heavy (non-hydrogen) atoms. The summed E-state index contributed by atoms with van der Waals surface area (Å²) in [4.78, 5) is 16.3. The minimum atomic E-state index is -4.53. The number of anilines is 1. The molecule has 2 heterocycles. The number of halogens is 3. The van der Waals surface area contributed by atoms with Crippen molar-refractivity contribution in [1.29, 1.82) is 0 Å². The molecular formula is C23H25F3N2O3S. The molecular weight excluding hydrogens is 441 g/mol. The summed E-state index contributed by atoms with van der Waals surface area (Å²) < 4.78 is 45.0. The molecule has 0 bridgehead atoms. The topological polar surface area (TPSA) is 71.5 Å². The first-order chi connectivity index (χ1) is 14.9. The van der Waals surface area contributed by atoms with Crippen LogP contribution in [-0.4, -0.2) is 28.2 Å². The van der Waals surface area contributed by atoms with Gasteiger partial charge in [0.05, 0.1) is 10.6 Å². The van der Waals surface area contributed by atoms with E-state index < -0.39 is 23.6 Å². The van der Waals surface area contributed by atoms with E-state index in [1.54, 1.807) is 6.07 Å². The molecule has 2 aromatic rings. The summed E-state index contributed by atoms with van der Waals surface area (Å²) in [6.45, 7) is 5.94. The van der Waals surface area contributed by atoms with Crippen molar-refractivity contribution in [3.8, 4) is 17.7 Å². The third kappa shape index (κ3) is 6.39. The summed E-state index contributed by atoms with van der Waals surface area (Å²) in [6.07, 6.45) is -1.28. The number of thiophene rings is 1. The number of carbonyl (C=O) groups is 1. The molecule has 0 atom stereocenters. The summed E-state index contributed by atoms with van der Waals surface area (Å²) in [5, 5.41) is 12.8. The number of hydrogen-bond acceptors (Lipinski definition) is 5. The molecule has 1 saturated carbocycles. The molecule has 0 radical (unpaired) electrons. The van der Waals surface area contributed by atoms with Crippen molar-refractivity contribution in [3.63, 3.8) is 0 Å². The molecule has 2 N–H and O–H groups in total.